The van der Waals surface area contributed by atoms with Gasteiger partial charge in [-0.1, -0.05) is 6.92 Å². The Labute approximate surface area is 193 Å². The van der Waals surface area contributed by atoms with Crippen LogP contribution in [0.5, 0.6) is 0 Å². The van der Waals surface area contributed by atoms with Gasteiger partial charge in [-0.2, -0.15) is 10.2 Å². The minimum absolute atomic E-state index is 0.0197. The molecule has 9 heteroatoms. The number of aryl methyl sites for hydroxylation is 1. The maximum Gasteiger partial charge on any atom is 0.349 e. The van der Waals surface area contributed by atoms with Crippen LogP contribution in [0, 0.1) is 17.2 Å². The molecule has 2 fully saturated rings. The number of nitriles is 1. The molecule has 33 heavy (non-hydrogen) atoms. The molecule has 7 nitrogen and oxygen atoms in total. The lowest BCUT2D eigenvalue weighted by atomic mass is 9.79. The van der Waals surface area contributed by atoms with Crippen molar-refractivity contribution in [3.05, 3.63) is 28.3 Å². The van der Waals surface area contributed by atoms with Gasteiger partial charge in [-0.3, -0.25) is 9.47 Å². The monoisotopic (exact) mass is 458 g/mol. The van der Waals surface area contributed by atoms with E-state index in [9.17, 15) is 18.8 Å². The van der Waals surface area contributed by atoms with Crippen molar-refractivity contribution in [1.29, 1.82) is 5.26 Å². The molecule has 1 saturated carbocycles. The van der Waals surface area contributed by atoms with Crippen LogP contribution >= 0.6 is 0 Å². The standard InChI is InChI=1S/C24H32F2N6O/c1-5-19(17-8-10-24(25,26)11-9-17)31-13-16(3)32(14-15(31)2)22-21-20(30(4)23(33)29-22)7-6-18(12-27)28-21/h6-7,15-17,19H,5,8-11,13-14H2,1-4H3/t15?,16-,19?/m0/s1. The van der Waals surface area contributed by atoms with E-state index in [1.54, 1.807) is 19.2 Å². The third kappa shape index (κ3) is 4.45. The van der Waals surface area contributed by atoms with Crippen molar-refractivity contribution in [2.24, 2.45) is 13.0 Å². The normalized spacial score (nSPS) is 25.2. The van der Waals surface area contributed by atoms with Gasteiger partial charge >= 0.3 is 5.69 Å². The summed E-state index contributed by atoms with van der Waals surface area (Å²) < 4.78 is 28.9. The average molecular weight is 459 g/mol. The molecule has 2 aliphatic rings. The van der Waals surface area contributed by atoms with E-state index in [4.69, 9.17) is 0 Å². The van der Waals surface area contributed by atoms with Gasteiger partial charge in [0.2, 0.25) is 5.92 Å². The first-order valence-electron chi connectivity index (χ1n) is 11.8. The predicted octanol–water partition coefficient (Wildman–Crippen LogP) is 3.70. The lowest BCUT2D eigenvalue weighted by Crippen LogP contribution is -2.61. The second-order valence-electron chi connectivity index (χ2n) is 9.67. The third-order valence-corrected chi connectivity index (χ3v) is 7.51. The quantitative estimate of drug-likeness (QED) is 0.695. The molecule has 4 rings (SSSR count). The van der Waals surface area contributed by atoms with Crippen LogP contribution in [0.3, 0.4) is 0 Å². The summed E-state index contributed by atoms with van der Waals surface area (Å²) in [5.41, 5.74) is 1.11. The molecule has 2 aromatic heterocycles. The summed E-state index contributed by atoms with van der Waals surface area (Å²) in [7, 11) is 1.65. The fourth-order valence-electron chi connectivity index (χ4n) is 5.67. The molecule has 3 atom stereocenters. The molecule has 1 aliphatic carbocycles. The zero-order chi connectivity index (χ0) is 23.9. The van der Waals surface area contributed by atoms with Crippen molar-refractivity contribution in [3.8, 4) is 6.07 Å². The van der Waals surface area contributed by atoms with E-state index in [1.807, 2.05) is 0 Å². The highest BCUT2D eigenvalue weighted by Crippen LogP contribution is 2.40. The maximum atomic E-state index is 13.7. The molecule has 2 unspecified atom stereocenters. The number of pyridine rings is 1. The second kappa shape index (κ2) is 8.98. The highest BCUT2D eigenvalue weighted by atomic mass is 19.3. The van der Waals surface area contributed by atoms with Gasteiger partial charge in [0.15, 0.2) is 5.82 Å². The van der Waals surface area contributed by atoms with Gasteiger partial charge in [0, 0.05) is 51.1 Å². The molecule has 0 radical (unpaired) electrons. The summed E-state index contributed by atoms with van der Waals surface area (Å²) in [6, 6.07) is 5.89. The van der Waals surface area contributed by atoms with Crippen molar-refractivity contribution in [2.45, 2.75) is 76.9 Å². The molecular formula is C24H32F2N6O. The Kier molecular flexibility index (Phi) is 6.41. The predicted molar refractivity (Wildman–Crippen MR) is 123 cm³/mol. The summed E-state index contributed by atoms with van der Waals surface area (Å²) in [5, 5.41) is 9.33. The van der Waals surface area contributed by atoms with Gasteiger partial charge in [-0.05, 0) is 51.2 Å². The Morgan fingerprint density at radius 3 is 2.52 bits per heavy atom. The minimum Gasteiger partial charge on any atom is -0.349 e. The summed E-state index contributed by atoms with van der Waals surface area (Å²) in [6.45, 7) is 7.79. The Bertz CT molecular complexity index is 1120. The Balaban J connectivity index is 1.62. The van der Waals surface area contributed by atoms with E-state index in [2.05, 4.69) is 46.6 Å². The van der Waals surface area contributed by atoms with Crippen LogP contribution < -0.4 is 10.6 Å². The highest BCUT2D eigenvalue weighted by molar-refractivity contribution is 5.86. The smallest absolute Gasteiger partial charge is 0.349 e. The lowest BCUT2D eigenvalue weighted by molar-refractivity contribution is -0.0607. The number of hydrogen-bond acceptors (Lipinski definition) is 6. The number of hydrogen-bond donors (Lipinski definition) is 0. The van der Waals surface area contributed by atoms with E-state index < -0.39 is 5.92 Å². The van der Waals surface area contributed by atoms with Gasteiger partial charge < -0.3 is 4.90 Å². The van der Waals surface area contributed by atoms with E-state index in [0.717, 1.165) is 13.0 Å². The molecule has 0 spiro atoms. The zero-order valence-electron chi connectivity index (χ0n) is 19.8. The first-order chi connectivity index (χ1) is 15.6. The summed E-state index contributed by atoms with van der Waals surface area (Å²) in [4.78, 5) is 26.0. The molecule has 0 N–H and O–H groups in total. The number of aromatic nitrogens is 3. The number of piperazine rings is 1. The summed E-state index contributed by atoms with van der Waals surface area (Å²) in [5.74, 6) is -1.73. The van der Waals surface area contributed by atoms with E-state index >= 15 is 0 Å². The fraction of sp³-hybridized carbons (Fsp3) is 0.667. The van der Waals surface area contributed by atoms with Gasteiger partial charge in [0.05, 0.1) is 5.52 Å². The average Bonchev–Trinajstić information content (AvgIpc) is 2.79. The highest BCUT2D eigenvalue weighted by Gasteiger charge is 2.41. The molecule has 1 saturated heterocycles. The number of fused-ring (bicyclic) bond motifs is 1. The first-order valence-corrected chi connectivity index (χ1v) is 11.8. The number of anilines is 1. The fourth-order valence-corrected chi connectivity index (χ4v) is 5.67. The van der Waals surface area contributed by atoms with Crippen molar-refractivity contribution >= 4 is 16.9 Å². The van der Waals surface area contributed by atoms with Gasteiger partial charge in [0.1, 0.15) is 17.3 Å². The first kappa shape index (κ1) is 23.6. The van der Waals surface area contributed by atoms with E-state index in [0.29, 0.717) is 36.2 Å². The maximum absolute atomic E-state index is 13.7. The van der Waals surface area contributed by atoms with Crippen LogP contribution in [0.4, 0.5) is 14.6 Å². The molecule has 0 bridgehead atoms. The van der Waals surface area contributed by atoms with Gasteiger partial charge in [-0.25, -0.2) is 18.6 Å². The molecular weight excluding hydrogens is 426 g/mol. The number of nitrogens with zero attached hydrogens (tertiary/aromatic N) is 6. The largest absolute Gasteiger partial charge is 0.349 e. The number of rotatable bonds is 4. The van der Waals surface area contributed by atoms with Crippen molar-refractivity contribution in [1.82, 2.24) is 19.4 Å². The Morgan fingerprint density at radius 1 is 1.18 bits per heavy atom. The van der Waals surface area contributed by atoms with Crippen LogP contribution in [-0.2, 0) is 7.05 Å². The second-order valence-corrected chi connectivity index (χ2v) is 9.67. The van der Waals surface area contributed by atoms with Crippen molar-refractivity contribution in [3.63, 3.8) is 0 Å². The molecule has 0 amide bonds. The molecule has 1 aliphatic heterocycles. The number of halogens is 2. The Hall–Kier alpha value is -2.60. The van der Waals surface area contributed by atoms with Crippen LogP contribution in [0.2, 0.25) is 0 Å². The summed E-state index contributed by atoms with van der Waals surface area (Å²) in [6.07, 6.45) is 2.01. The Morgan fingerprint density at radius 2 is 1.88 bits per heavy atom. The van der Waals surface area contributed by atoms with Gasteiger partial charge in [-0.15, -0.1) is 0 Å². The SMILES string of the molecule is CCC(C1CCC(F)(F)CC1)N1C[C@H](C)N(c2nc(=O)n(C)c3ccc(C#N)nc23)CC1C. The van der Waals surface area contributed by atoms with Crippen molar-refractivity contribution < 1.29 is 8.78 Å². The van der Waals surface area contributed by atoms with Crippen LogP contribution in [0.15, 0.2) is 16.9 Å². The minimum atomic E-state index is -2.52. The molecule has 0 aromatic carbocycles. The molecule has 2 aromatic rings. The molecule has 178 valence electrons. The van der Waals surface area contributed by atoms with E-state index in [-0.39, 0.29) is 48.3 Å². The van der Waals surface area contributed by atoms with Gasteiger partial charge in [0.25, 0.3) is 0 Å². The zero-order valence-corrected chi connectivity index (χ0v) is 19.8. The third-order valence-electron chi connectivity index (χ3n) is 7.51. The van der Waals surface area contributed by atoms with E-state index in [1.165, 1.54) is 4.57 Å². The van der Waals surface area contributed by atoms with Crippen LogP contribution in [0.1, 0.15) is 58.6 Å². The molecule has 3 heterocycles. The van der Waals surface area contributed by atoms with Crippen LogP contribution in [-0.4, -0.2) is 56.6 Å². The summed E-state index contributed by atoms with van der Waals surface area (Å²) >= 11 is 0. The lowest BCUT2D eigenvalue weighted by Gasteiger charge is -2.50. The number of alkyl halides is 2. The topological polar surface area (TPSA) is 78.0 Å². The van der Waals surface area contributed by atoms with Crippen molar-refractivity contribution in [2.75, 3.05) is 18.0 Å². The van der Waals surface area contributed by atoms with Crippen LogP contribution in [0.25, 0.3) is 11.0 Å².